The fourth-order valence-electron chi connectivity index (χ4n) is 4.00. The van der Waals surface area contributed by atoms with Crippen LogP contribution in [-0.4, -0.2) is 48.7 Å². The Balaban J connectivity index is 1.61. The fourth-order valence-corrected chi connectivity index (χ4v) is 4.00. The van der Waals surface area contributed by atoms with Gasteiger partial charge in [-0.25, -0.2) is 0 Å². The van der Waals surface area contributed by atoms with Gasteiger partial charge < -0.3 is 10.6 Å². The highest BCUT2D eigenvalue weighted by Gasteiger charge is 2.39. The van der Waals surface area contributed by atoms with Crippen molar-refractivity contribution in [1.29, 1.82) is 0 Å². The summed E-state index contributed by atoms with van der Waals surface area (Å²) < 4.78 is 0. The van der Waals surface area contributed by atoms with E-state index in [2.05, 4.69) is 10.6 Å². The average Bonchev–Trinajstić information content (AvgIpc) is 2.93. The molecule has 2 aliphatic rings. The van der Waals surface area contributed by atoms with Gasteiger partial charge in [-0.15, -0.1) is 0 Å². The largest absolute Gasteiger partial charge is 0.359 e. The van der Waals surface area contributed by atoms with E-state index in [1.165, 1.54) is 4.90 Å². The Morgan fingerprint density at radius 1 is 1.07 bits per heavy atom. The van der Waals surface area contributed by atoms with Crippen LogP contribution < -0.4 is 10.6 Å². The number of fused-ring (bicyclic) bond motifs is 1. The Hall–Kier alpha value is -2.70. The predicted octanol–water partition coefficient (Wildman–Crippen LogP) is 1.34. The third-order valence-corrected chi connectivity index (χ3v) is 5.42. The Labute approximate surface area is 158 Å². The maximum Gasteiger partial charge on any atom is 0.261 e. The highest BCUT2D eigenvalue weighted by molar-refractivity contribution is 6.21. The minimum Gasteiger partial charge on any atom is -0.359 e. The van der Waals surface area contributed by atoms with Crippen molar-refractivity contribution >= 4 is 24.1 Å². The molecule has 0 radical (unpaired) electrons. The molecular weight excluding hydrogens is 346 g/mol. The van der Waals surface area contributed by atoms with E-state index in [0.29, 0.717) is 37.0 Å². The van der Waals surface area contributed by atoms with Gasteiger partial charge in [0.15, 0.2) is 0 Å². The normalized spacial score (nSPS) is 21.7. The molecule has 144 valence electrons. The van der Waals surface area contributed by atoms with Gasteiger partial charge in [-0.3, -0.25) is 24.1 Å². The molecule has 1 aliphatic carbocycles. The second-order valence-corrected chi connectivity index (χ2v) is 7.13. The smallest absolute Gasteiger partial charge is 0.261 e. The van der Waals surface area contributed by atoms with Gasteiger partial charge in [-0.2, -0.15) is 0 Å². The molecule has 27 heavy (non-hydrogen) atoms. The van der Waals surface area contributed by atoms with Gasteiger partial charge in [0.1, 0.15) is 0 Å². The molecule has 2 N–H and O–H groups in total. The number of imide groups is 1. The zero-order valence-corrected chi connectivity index (χ0v) is 15.3. The molecule has 1 aliphatic heterocycles. The first-order valence-electron chi connectivity index (χ1n) is 9.53. The molecule has 0 saturated heterocycles. The molecule has 7 heteroatoms. The van der Waals surface area contributed by atoms with Gasteiger partial charge in [-0.1, -0.05) is 25.0 Å². The molecule has 4 amide bonds. The van der Waals surface area contributed by atoms with Crippen molar-refractivity contribution in [2.45, 2.75) is 32.1 Å². The summed E-state index contributed by atoms with van der Waals surface area (Å²) in [7, 11) is 0. The number of amides is 4. The van der Waals surface area contributed by atoms with Crippen LogP contribution in [0, 0.1) is 11.8 Å². The lowest BCUT2D eigenvalue weighted by Gasteiger charge is -2.32. The van der Waals surface area contributed by atoms with Gasteiger partial charge in [0, 0.05) is 25.6 Å². The van der Waals surface area contributed by atoms with Crippen LogP contribution in [-0.2, 0) is 9.59 Å². The minimum atomic E-state index is -0.264. The SMILES string of the molecule is O=CNCCCNC(=O)C1CCCCC1CN1C(=O)c2ccccc2C1=O. The number of carbonyl (C=O) groups is 4. The Bertz CT molecular complexity index is 699. The van der Waals surface area contributed by atoms with Crippen LogP contribution in [0.3, 0.4) is 0 Å². The number of nitrogens with zero attached hydrogens (tertiary/aromatic N) is 1. The van der Waals surface area contributed by atoms with Crippen molar-refractivity contribution in [3.63, 3.8) is 0 Å². The lowest BCUT2D eigenvalue weighted by molar-refractivity contribution is -0.128. The zero-order valence-electron chi connectivity index (χ0n) is 15.3. The second-order valence-electron chi connectivity index (χ2n) is 7.13. The summed E-state index contributed by atoms with van der Waals surface area (Å²) in [5, 5.41) is 5.49. The van der Waals surface area contributed by atoms with E-state index in [4.69, 9.17) is 0 Å². The summed E-state index contributed by atoms with van der Waals surface area (Å²) >= 11 is 0. The molecule has 1 aromatic rings. The van der Waals surface area contributed by atoms with Crippen LogP contribution >= 0.6 is 0 Å². The Morgan fingerprint density at radius 3 is 2.41 bits per heavy atom. The molecule has 1 heterocycles. The van der Waals surface area contributed by atoms with Crippen molar-refractivity contribution in [2.75, 3.05) is 19.6 Å². The molecule has 2 unspecified atom stereocenters. The lowest BCUT2D eigenvalue weighted by Crippen LogP contribution is -2.43. The topological polar surface area (TPSA) is 95.6 Å². The van der Waals surface area contributed by atoms with E-state index in [0.717, 1.165) is 25.7 Å². The van der Waals surface area contributed by atoms with Gasteiger partial charge in [0.05, 0.1) is 11.1 Å². The first-order chi connectivity index (χ1) is 13.1. The number of benzene rings is 1. The van der Waals surface area contributed by atoms with Gasteiger partial charge in [-0.05, 0) is 37.3 Å². The van der Waals surface area contributed by atoms with Gasteiger partial charge in [0.25, 0.3) is 11.8 Å². The quantitative estimate of drug-likeness (QED) is 0.409. The monoisotopic (exact) mass is 371 g/mol. The first-order valence-corrected chi connectivity index (χ1v) is 9.53. The first kappa shape index (κ1) is 19.1. The van der Waals surface area contributed by atoms with Crippen molar-refractivity contribution in [2.24, 2.45) is 11.8 Å². The molecule has 1 fully saturated rings. The summed E-state index contributed by atoms with van der Waals surface area (Å²) in [6.45, 7) is 1.31. The summed E-state index contributed by atoms with van der Waals surface area (Å²) in [5.41, 5.74) is 0.893. The molecule has 0 aromatic heterocycles. The van der Waals surface area contributed by atoms with Crippen molar-refractivity contribution in [3.8, 4) is 0 Å². The zero-order chi connectivity index (χ0) is 19.2. The van der Waals surface area contributed by atoms with E-state index in [-0.39, 0.29) is 36.1 Å². The van der Waals surface area contributed by atoms with Crippen LogP contribution in [0.5, 0.6) is 0 Å². The molecule has 3 rings (SSSR count). The van der Waals surface area contributed by atoms with Crippen LogP contribution in [0.2, 0.25) is 0 Å². The van der Waals surface area contributed by atoms with E-state index >= 15 is 0 Å². The number of nitrogens with one attached hydrogen (secondary N) is 2. The van der Waals surface area contributed by atoms with E-state index in [9.17, 15) is 19.2 Å². The number of hydrogen-bond acceptors (Lipinski definition) is 4. The van der Waals surface area contributed by atoms with Crippen molar-refractivity contribution in [1.82, 2.24) is 15.5 Å². The number of hydrogen-bond donors (Lipinski definition) is 2. The summed E-state index contributed by atoms with van der Waals surface area (Å²) in [6, 6.07) is 6.86. The molecule has 1 aromatic carbocycles. The highest BCUT2D eigenvalue weighted by Crippen LogP contribution is 2.33. The maximum atomic E-state index is 12.6. The van der Waals surface area contributed by atoms with E-state index in [1.807, 2.05) is 0 Å². The number of rotatable bonds is 8. The van der Waals surface area contributed by atoms with Crippen molar-refractivity contribution < 1.29 is 19.2 Å². The summed E-state index contributed by atoms with van der Waals surface area (Å²) in [4.78, 5) is 49.3. The summed E-state index contributed by atoms with van der Waals surface area (Å²) in [5.74, 6) is -0.765. The van der Waals surface area contributed by atoms with Crippen LogP contribution in [0.15, 0.2) is 24.3 Å². The third-order valence-electron chi connectivity index (χ3n) is 5.42. The van der Waals surface area contributed by atoms with E-state index in [1.54, 1.807) is 24.3 Å². The highest BCUT2D eigenvalue weighted by atomic mass is 16.2. The standard InChI is InChI=1S/C20H25N3O4/c24-13-21-10-5-11-22-18(25)15-7-2-1-6-14(15)12-23-19(26)16-8-3-4-9-17(16)20(23)27/h3-4,8-9,13-15H,1-2,5-7,10-12H2,(H,21,24)(H,22,25). The molecule has 0 bridgehead atoms. The lowest BCUT2D eigenvalue weighted by atomic mass is 9.78. The fraction of sp³-hybridized carbons (Fsp3) is 0.500. The van der Waals surface area contributed by atoms with Crippen LogP contribution in [0.1, 0.15) is 52.8 Å². The molecule has 0 spiro atoms. The molecular formula is C20H25N3O4. The minimum absolute atomic E-state index is 0.0194. The van der Waals surface area contributed by atoms with Crippen LogP contribution in [0.25, 0.3) is 0 Å². The molecule has 1 saturated carbocycles. The van der Waals surface area contributed by atoms with Gasteiger partial charge in [0.2, 0.25) is 12.3 Å². The molecule has 2 atom stereocenters. The number of carbonyl (C=O) groups excluding carboxylic acids is 4. The summed E-state index contributed by atoms with van der Waals surface area (Å²) in [6.07, 6.45) is 4.88. The molecule has 7 nitrogen and oxygen atoms in total. The predicted molar refractivity (Wildman–Crippen MR) is 99.0 cm³/mol. The third kappa shape index (κ3) is 4.18. The maximum absolute atomic E-state index is 12.6. The van der Waals surface area contributed by atoms with Crippen molar-refractivity contribution in [3.05, 3.63) is 35.4 Å². The average molecular weight is 371 g/mol. The Morgan fingerprint density at radius 2 is 1.74 bits per heavy atom. The van der Waals surface area contributed by atoms with E-state index < -0.39 is 0 Å². The Kier molecular flexibility index (Phi) is 6.21. The second kappa shape index (κ2) is 8.79. The van der Waals surface area contributed by atoms with Crippen LogP contribution in [0.4, 0.5) is 0 Å². The van der Waals surface area contributed by atoms with Gasteiger partial charge >= 0.3 is 0 Å².